The van der Waals surface area contributed by atoms with Gasteiger partial charge in [0.15, 0.2) is 0 Å². The second-order valence-electron chi connectivity index (χ2n) is 1.83. The van der Waals surface area contributed by atoms with Crippen molar-refractivity contribution in [2.45, 2.75) is 0 Å². The predicted octanol–water partition coefficient (Wildman–Crippen LogP) is 1.39. The van der Waals surface area contributed by atoms with Crippen LogP contribution in [0.4, 0.5) is 5.69 Å². The van der Waals surface area contributed by atoms with Crippen molar-refractivity contribution in [1.29, 1.82) is 0 Å². The third kappa shape index (κ3) is 1.54. The number of anilines is 1. The number of rotatable bonds is 2. The van der Waals surface area contributed by atoms with Gasteiger partial charge >= 0.3 is 0 Å². The molecule has 0 unspecified atom stereocenters. The van der Waals surface area contributed by atoms with Crippen LogP contribution >= 0.6 is 12.2 Å². The molecule has 0 spiro atoms. The van der Waals surface area contributed by atoms with Crippen LogP contribution in [0.1, 0.15) is 0 Å². The summed E-state index contributed by atoms with van der Waals surface area (Å²) >= 11 is 4.60. The topological polar surface area (TPSA) is 17.0 Å². The molecule has 3 heteroatoms. The highest BCUT2D eigenvalue weighted by Crippen LogP contribution is 2.03. The number of hydrogen-bond acceptors (Lipinski definition) is 1. The molecule has 0 atom stereocenters. The molecule has 0 fully saturated rings. The first-order chi connectivity index (χ1) is 4.33. The molecular formula is C6H8N2S. The van der Waals surface area contributed by atoms with Gasteiger partial charge in [-0.1, -0.05) is 12.2 Å². The van der Waals surface area contributed by atoms with Crippen LogP contribution in [-0.4, -0.2) is 10.1 Å². The molecule has 2 nitrogen and oxygen atoms in total. The molecule has 0 saturated carbocycles. The van der Waals surface area contributed by atoms with Crippen LogP contribution in [0.3, 0.4) is 0 Å². The van der Waals surface area contributed by atoms with Crippen molar-refractivity contribution in [3.05, 3.63) is 18.5 Å². The minimum Gasteiger partial charge on any atom is -0.355 e. The average Bonchev–Trinajstić information content (AvgIpc) is 2.17. The van der Waals surface area contributed by atoms with Gasteiger partial charge in [-0.05, 0) is 6.07 Å². The molecule has 0 aliphatic heterocycles. The van der Waals surface area contributed by atoms with Gasteiger partial charge < -0.3 is 9.88 Å². The van der Waals surface area contributed by atoms with Gasteiger partial charge in [-0.2, -0.15) is 0 Å². The van der Waals surface area contributed by atoms with Crippen molar-refractivity contribution in [1.82, 2.24) is 4.57 Å². The van der Waals surface area contributed by atoms with E-state index < -0.39 is 0 Å². The molecule has 1 rings (SSSR count). The molecule has 0 amide bonds. The van der Waals surface area contributed by atoms with E-state index >= 15 is 0 Å². The van der Waals surface area contributed by atoms with E-state index in [1.807, 2.05) is 30.1 Å². The maximum atomic E-state index is 4.60. The lowest BCUT2D eigenvalue weighted by molar-refractivity contribution is 0.929. The van der Waals surface area contributed by atoms with E-state index in [-0.39, 0.29) is 0 Å². The quantitative estimate of drug-likeness (QED) is 0.625. The number of aromatic nitrogens is 1. The van der Waals surface area contributed by atoms with Gasteiger partial charge in [0, 0.05) is 19.4 Å². The van der Waals surface area contributed by atoms with Crippen LogP contribution < -0.4 is 5.32 Å². The highest BCUT2D eigenvalue weighted by molar-refractivity contribution is 7.79. The number of thiocarbonyl (C=S) groups is 1. The molecule has 1 aromatic heterocycles. The molecule has 0 aliphatic rings. The Bertz CT molecular complexity index is 205. The summed E-state index contributed by atoms with van der Waals surface area (Å²) in [5, 5.41) is 2.90. The summed E-state index contributed by atoms with van der Waals surface area (Å²) in [7, 11) is 1.97. The fourth-order valence-corrected chi connectivity index (χ4v) is 0.793. The normalized spacial score (nSPS) is 9.00. The molecule has 0 aromatic carbocycles. The monoisotopic (exact) mass is 140 g/mol. The van der Waals surface area contributed by atoms with Gasteiger partial charge in [-0.15, -0.1) is 0 Å². The van der Waals surface area contributed by atoms with Gasteiger partial charge in [0.05, 0.1) is 11.2 Å². The fourth-order valence-electron chi connectivity index (χ4n) is 0.657. The summed E-state index contributed by atoms with van der Waals surface area (Å²) in [6, 6.07) is 1.96. The first-order valence-corrected chi connectivity index (χ1v) is 3.12. The molecule has 0 radical (unpaired) electrons. The fraction of sp³-hybridized carbons (Fsp3) is 0.167. The molecule has 9 heavy (non-hydrogen) atoms. The van der Waals surface area contributed by atoms with E-state index in [0.717, 1.165) is 5.69 Å². The Morgan fingerprint density at radius 1 is 1.78 bits per heavy atom. The molecule has 1 heterocycles. The van der Waals surface area contributed by atoms with Crippen LogP contribution in [0.2, 0.25) is 0 Å². The van der Waals surface area contributed by atoms with Crippen LogP contribution in [0.5, 0.6) is 0 Å². The summed E-state index contributed by atoms with van der Waals surface area (Å²) in [6.45, 7) is 0. The maximum absolute atomic E-state index is 4.60. The number of aryl methyl sites for hydroxylation is 1. The molecule has 1 aromatic rings. The van der Waals surface area contributed by atoms with E-state index in [1.165, 1.54) is 5.49 Å². The van der Waals surface area contributed by atoms with Crippen LogP contribution in [0.15, 0.2) is 18.5 Å². The van der Waals surface area contributed by atoms with Crippen LogP contribution in [0.25, 0.3) is 0 Å². The minimum atomic E-state index is 1.03. The Hall–Kier alpha value is -0.830. The van der Waals surface area contributed by atoms with Crippen molar-refractivity contribution in [2.75, 3.05) is 5.32 Å². The van der Waals surface area contributed by atoms with Gasteiger partial charge in [0.1, 0.15) is 0 Å². The minimum absolute atomic E-state index is 1.03. The first kappa shape index (κ1) is 6.29. The second kappa shape index (κ2) is 2.64. The van der Waals surface area contributed by atoms with E-state index in [4.69, 9.17) is 0 Å². The maximum Gasteiger partial charge on any atom is 0.0659 e. The zero-order valence-electron chi connectivity index (χ0n) is 5.16. The zero-order valence-corrected chi connectivity index (χ0v) is 5.98. The van der Waals surface area contributed by atoms with Crippen molar-refractivity contribution in [3.63, 3.8) is 0 Å². The van der Waals surface area contributed by atoms with Crippen molar-refractivity contribution >= 4 is 23.4 Å². The van der Waals surface area contributed by atoms with E-state index in [2.05, 4.69) is 17.5 Å². The smallest absolute Gasteiger partial charge is 0.0659 e. The van der Waals surface area contributed by atoms with Gasteiger partial charge in [0.2, 0.25) is 0 Å². The van der Waals surface area contributed by atoms with Crippen LogP contribution in [0, 0.1) is 0 Å². The Balaban J connectivity index is 2.72. The largest absolute Gasteiger partial charge is 0.355 e. The Kier molecular flexibility index (Phi) is 1.85. The molecule has 1 N–H and O–H groups in total. The summed E-state index contributed by atoms with van der Waals surface area (Å²) in [6.07, 6.45) is 3.92. The molecule has 0 bridgehead atoms. The average molecular weight is 140 g/mol. The lowest BCUT2D eigenvalue weighted by Crippen LogP contribution is -1.88. The standard InChI is InChI=1S/C6H8N2S/c1-8-3-2-6(4-8)7-5-9/h2-5H,1H3,(H,7,9). The second-order valence-corrected chi connectivity index (χ2v) is 2.06. The lowest BCUT2D eigenvalue weighted by atomic mass is 10.5. The van der Waals surface area contributed by atoms with Crippen molar-refractivity contribution in [3.8, 4) is 0 Å². The Morgan fingerprint density at radius 2 is 2.56 bits per heavy atom. The van der Waals surface area contributed by atoms with E-state index in [9.17, 15) is 0 Å². The summed E-state index contributed by atoms with van der Waals surface area (Å²) < 4.78 is 1.96. The Labute approximate surface area is 59.5 Å². The lowest BCUT2D eigenvalue weighted by Gasteiger charge is -1.89. The molecular weight excluding hydrogens is 132 g/mol. The highest BCUT2D eigenvalue weighted by atomic mass is 32.1. The number of nitrogens with one attached hydrogen (secondary N) is 1. The first-order valence-electron chi connectivity index (χ1n) is 2.65. The third-order valence-electron chi connectivity index (χ3n) is 1.06. The van der Waals surface area contributed by atoms with E-state index in [1.54, 1.807) is 0 Å². The molecule has 0 saturated heterocycles. The summed E-state index contributed by atoms with van der Waals surface area (Å²) in [5.74, 6) is 0. The summed E-state index contributed by atoms with van der Waals surface area (Å²) in [5.41, 5.74) is 2.53. The molecule has 0 aliphatic carbocycles. The zero-order chi connectivity index (χ0) is 6.69. The Morgan fingerprint density at radius 3 is 3.00 bits per heavy atom. The number of nitrogens with zero attached hydrogens (tertiary/aromatic N) is 1. The SMILES string of the molecule is Cn1ccc(NC=S)c1. The molecule has 48 valence electrons. The predicted molar refractivity (Wildman–Crippen MR) is 42.7 cm³/mol. The van der Waals surface area contributed by atoms with Crippen LogP contribution in [-0.2, 0) is 7.05 Å². The van der Waals surface area contributed by atoms with Crippen molar-refractivity contribution in [2.24, 2.45) is 7.05 Å². The highest BCUT2D eigenvalue weighted by Gasteiger charge is 1.86. The van der Waals surface area contributed by atoms with Crippen molar-refractivity contribution < 1.29 is 0 Å². The van der Waals surface area contributed by atoms with E-state index in [0.29, 0.717) is 0 Å². The van der Waals surface area contributed by atoms with Gasteiger partial charge in [-0.3, -0.25) is 0 Å². The summed E-state index contributed by atoms with van der Waals surface area (Å²) in [4.78, 5) is 0. The third-order valence-corrected chi connectivity index (χ3v) is 1.18. The van der Waals surface area contributed by atoms with Gasteiger partial charge in [0.25, 0.3) is 0 Å². The van der Waals surface area contributed by atoms with Gasteiger partial charge in [-0.25, -0.2) is 0 Å². The number of hydrogen-bond donors (Lipinski definition) is 1.